The fraction of sp³-hybridized carbons (Fsp3) is 0.435. The molecule has 8 nitrogen and oxygen atoms in total. The van der Waals surface area contributed by atoms with Gasteiger partial charge in [-0.25, -0.2) is 8.42 Å². The summed E-state index contributed by atoms with van der Waals surface area (Å²) >= 11 is 0. The Hall–Kier alpha value is -2.62. The van der Waals surface area contributed by atoms with Gasteiger partial charge in [0.1, 0.15) is 12.4 Å². The van der Waals surface area contributed by atoms with Gasteiger partial charge >= 0.3 is 0 Å². The predicted molar refractivity (Wildman–Crippen MR) is 125 cm³/mol. The Labute approximate surface area is 190 Å². The number of rotatable bonds is 11. The maximum atomic E-state index is 12.7. The fourth-order valence-corrected chi connectivity index (χ4v) is 4.55. The van der Waals surface area contributed by atoms with E-state index in [1.165, 1.54) is 31.4 Å². The van der Waals surface area contributed by atoms with E-state index < -0.39 is 10.0 Å². The van der Waals surface area contributed by atoms with Crippen LogP contribution in [-0.2, 0) is 19.6 Å². The molecule has 2 aromatic carbocycles. The van der Waals surface area contributed by atoms with Crippen LogP contribution in [0.25, 0.3) is 0 Å². The van der Waals surface area contributed by atoms with E-state index in [-0.39, 0.29) is 10.8 Å². The molecule has 1 heterocycles. The molecule has 174 valence electrons. The highest BCUT2D eigenvalue weighted by atomic mass is 32.2. The van der Waals surface area contributed by atoms with Crippen LogP contribution in [0.15, 0.2) is 53.4 Å². The number of nitrogens with one attached hydrogen (secondary N) is 2. The Balaban J connectivity index is 1.55. The van der Waals surface area contributed by atoms with Crippen molar-refractivity contribution in [1.29, 1.82) is 0 Å². The highest BCUT2D eigenvalue weighted by Gasteiger charge is 2.15. The topological polar surface area (TPSA) is 97.0 Å². The number of piperidine rings is 1. The van der Waals surface area contributed by atoms with Gasteiger partial charge in [0.2, 0.25) is 5.91 Å². The maximum Gasteiger partial charge on any atom is 0.261 e. The molecule has 2 N–H and O–H groups in total. The number of sulfonamides is 1. The Morgan fingerprint density at radius 3 is 2.44 bits per heavy atom. The van der Waals surface area contributed by atoms with Crippen LogP contribution in [-0.4, -0.2) is 59.2 Å². The summed E-state index contributed by atoms with van der Waals surface area (Å²) in [5.41, 5.74) is 0.926. The molecule has 0 unspecified atom stereocenters. The fourth-order valence-electron chi connectivity index (χ4n) is 3.50. The van der Waals surface area contributed by atoms with Gasteiger partial charge in [0.25, 0.3) is 10.0 Å². The maximum absolute atomic E-state index is 12.7. The Kier molecular flexibility index (Phi) is 8.90. The summed E-state index contributed by atoms with van der Waals surface area (Å²) in [6, 6.07) is 12.9. The first-order valence-electron chi connectivity index (χ1n) is 10.8. The van der Waals surface area contributed by atoms with Crippen molar-refractivity contribution >= 4 is 27.3 Å². The minimum absolute atomic E-state index is 0.0837. The van der Waals surface area contributed by atoms with Crippen molar-refractivity contribution in [3.8, 4) is 5.75 Å². The third-order valence-corrected chi connectivity index (χ3v) is 6.59. The zero-order chi connectivity index (χ0) is 22.8. The highest BCUT2D eigenvalue weighted by molar-refractivity contribution is 7.92. The Bertz CT molecular complexity index is 973. The molecule has 1 aliphatic heterocycles. The molecule has 0 atom stereocenters. The van der Waals surface area contributed by atoms with E-state index in [0.29, 0.717) is 36.8 Å². The average Bonchev–Trinajstić information content (AvgIpc) is 2.79. The summed E-state index contributed by atoms with van der Waals surface area (Å²) in [7, 11) is -2.19. The highest BCUT2D eigenvalue weighted by Crippen LogP contribution is 2.21. The molecule has 9 heteroatoms. The van der Waals surface area contributed by atoms with Gasteiger partial charge in [0, 0.05) is 25.8 Å². The molecule has 0 aromatic heterocycles. The summed E-state index contributed by atoms with van der Waals surface area (Å²) in [6.45, 7) is 3.67. The van der Waals surface area contributed by atoms with Gasteiger partial charge < -0.3 is 19.7 Å². The van der Waals surface area contributed by atoms with Crippen LogP contribution < -0.4 is 14.8 Å². The Morgan fingerprint density at radius 1 is 1.00 bits per heavy atom. The van der Waals surface area contributed by atoms with Gasteiger partial charge in [-0.1, -0.05) is 12.5 Å². The van der Waals surface area contributed by atoms with Crippen molar-refractivity contribution < 1.29 is 22.7 Å². The quantitative estimate of drug-likeness (QED) is 0.498. The number of ether oxygens (including phenoxy) is 2. The third-order valence-electron chi connectivity index (χ3n) is 5.19. The summed E-state index contributed by atoms with van der Waals surface area (Å²) < 4.78 is 38.4. The lowest BCUT2D eigenvalue weighted by Crippen LogP contribution is -2.32. The summed E-state index contributed by atoms with van der Waals surface area (Å²) in [6.07, 6.45) is 4.05. The SMILES string of the molecule is COCCOc1ccc(S(=O)(=O)Nc2cccc(NC(=O)CCN3CCCCC3)c2)cc1. The first-order valence-corrected chi connectivity index (χ1v) is 12.3. The number of anilines is 2. The van der Waals surface area contributed by atoms with E-state index in [0.717, 1.165) is 19.6 Å². The second-order valence-electron chi connectivity index (χ2n) is 7.70. The Morgan fingerprint density at radius 2 is 1.72 bits per heavy atom. The molecule has 3 rings (SSSR count). The van der Waals surface area contributed by atoms with Gasteiger partial charge in [-0.15, -0.1) is 0 Å². The molecular weight excluding hydrogens is 430 g/mol. The summed E-state index contributed by atoms with van der Waals surface area (Å²) in [5.74, 6) is 0.481. The largest absolute Gasteiger partial charge is 0.491 e. The van der Waals surface area contributed by atoms with Crippen molar-refractivity contribution in [3.05, 3.63) is 48.5 Å². The number of hydrogen-bond acceptors (Lipinski definition) is 6. The lowest BCUT2D eigenvalue weighted by molar-refractivity contribution is -0.116. The lowest BCUT2D eigenvalue weighted by atomic mass is 10.1. The molecule has 1 aliphatic rings. The third kappa shape index (κ3) is 7.51. The second kappa shape index (κ2) is 11.8. The van der Waals surface area contributed by atoms with Gasteiger partial charge in [-0.3, -0.25) is 9.52 Å². The zero-order valence-electron chi connectivity index (χ0n) is 18.4. The van der Waals surface area contributed by atoms with Crippen LogP contribution in [0.1, 0.15) is 25.7 Å². The van der Waals surface area contributed by atoms with Crippen LogP contribution in [0.4, 0.5) is 11.4 Å². The molecule has 0 aliphatic carbocycles. The molecule has 0 radical (unpaired) electrons. The number of methoxy groups -OCH3 is 1. The number of hydrogen-bond donors (Lipinski definition) is 2. The summed E-state index contributed by atoms with van der Waals surface area (Å²) in [5, 5.41) is 2.85. The number of carbonyl (C=O) groups excluding carboxylic acids is 1. The second-order valence-corrected chi connectivity index (χ2v) is 9.38. The van der Waals surface area contributed by atoms with Crippen LogP contribution in [0.2, 0.25) is 0 Å². The number of nitrogens with zero attached hydrogens (tertiary/aromatic N) is 1. The van der Waals surface area contributed by atoms with E-state index in [4.69, 9.17) is 9.47 Å². The standard InChI is InChI=1S/C23H31N3O5S/c1-30-16-17-31-21-8-10-22(11-9-21)32(28,29)25-20-7-5-6-19(18-20)24-23(27)12-15-26-13-3-2-4-14-26/h5-11,18,25H,2-4,12-17H2,1H3,(H,24,27). The van der Waals surface area contributed by atoms with Crippen molar-refractivity contribution in [2.24, 2.45) is 0 Å². The molecule has 0 saturated carbocycles. The van der Waals surface area contributed by atoms with E-state index in [9.17, 15) is 13.2 Å². The van der Waals surface area contributed by atoms with Crippen molar-refractivity contribution in [2.75, 3.05) is 50.0 Å². The van der Waals surface area contributed by atoms with Crippen molar-refractivity contribution in [2.45, 2.75) is 30.6 Å². The first-order chi connectivity index (χ1) is 15.5. The van der Waals surface area contributed by atoms with Crippen LogP contribution in [0.5, 0.6) is 5.75 Å². The van der Waals surface area contributed by atoms with Gasteiger partial charge in [-0.05, 0) is 68.4 Å². The molecule has 1 fully saturated rings. The summed E-state index contributed by atoms with van der Waals surface area (Å²) in [4.78, 5) is 14.7. The van der Waals surface area contributed by atoms with E-state index in [1.54, 1.807) is 43.5 Å². The molecule has 2 aromatic rings. The number of likely N-dealkylation sites (tertiary alicyclic amines) is 1. The van der Waals surface area contributed by atoms with Gasteiger partial charge in [0.15, 0.2) is 0 Å². The first kappa shape index (κ1) is 24.0. The van der Waals surface area contributed by atoms with Crippen LogP contribution >= 0.6 is 0 Å². The molecule has 32 heavy (non-hydrogen) atoms. The normalized spacial score (nSPS) is 14.7. The number of amides is 1. The van der Waals surface area contributed by atoms with Crippen molar-refractivity contribution in [3.63, 3.8) is 0 Å². The minimum Gasteiger partial charge on any atom is -0.491 e. The molecule has 0 spiro atoms. The van der Waals surface area contributed by atoms with E-state index in [1.807, 2.05) is 0 Å². The average molecular weight is 462 g/mol. The number of benzene rings is 2. The van der Waals surface area contributed by atoms with E-state index in [2.05, 4.69) is 14.9 Å². The van der Waals surface area contributed by atoms with Crippen molar-refractivity contribution in [1.82, 2.24) is 4.90 Å². The van der Waals surface area contributed by atoms with Gasteiger partial charge in [0.05, 0.1) is 17.2 Å². The molecular formula is C23H31N3O5S. The molecule has 0 bridgehead atoms. The molecule has 1 saturated heterocycles. The minimum atomic E-state index is -3.77. The zero-order valence-corrected chi connectivity index (χ0v) is 19.2. The predicted octanol–water partition coefficient (Wildman–Crippen LogP) is 3.33. The monoisotopic (exact) mass is 461 g/mol. The van der Waals surface area contributed by atoms with E-state index >= 15 is 0 Å². The van der Waals surface area contributed by atoms with Crippen LogP contribution in [0.3, 0.4) is 0 Å². The smallest absolute Gasteiger partial charge is 0.261 e. The van der Waals surface area contributed by atoms with Gasteiger partial charge in [-0.2, -0.15) is 0 Å². The lowest BCUT2D eigenvalue weighted by Gasteiger charge is -2.25. The van der Waals surface area contributed by atoms with Crippen LogP contribution in [0, 0.1) is 0 Å². The number of carbonyl (C=O) groups is 1. The molecule has 1 amide bonds.